The summed E-state index contributed by atoms with van der Waals surface area (Å²) >= 11 is 0. The third kappa shape index (κ3) is 3.21. The van der Waals surface area contributed by atoms with E-state index in [1.165, 1.54) is 27.8 Å². The first kappa shape index (κ1) is 15.2. The Kier molecular flexibility index (Phi) is 4.07. The molecular weight excluding hydrogens is 305 g/mol. The van der Waals surface area contributed by atoms with E-state index in [2.05, 4.69) is 5.10 Å². The van der Waals surface area contributed by atoms with Crippen LogP contribution in [0.3, 0.4) is 0 Å². The highest BCUT2D eigenvalue weighted by atomic mass is 19.1. The summed E-state index contributed by atoms with van der Waals surface area (Å²) in [5.41, 5.74) is 0.662. The van der Waals surface area contributed by atoms with Gasteiger partial charge in [-0.05, 0) is 24.3 Å². The van der Waals surface area contributed by atoms with Gasteiger partial charge in [0.05, 0.1) is 18.8 Å². The molecule has 0 radical (unpaired) electrons. The fraction of sp³-hybridized carbons (Fsp3) is 0.267. The average molecular weight is 319 g/mol. The lowest BCUT2D eigenvalue weighted by atomic mass is 10.2. The summed E-state index contributed by atoms with van der Waals surface area (Å²) in [6.45, 7) is 0.434. The highest BCUT2D eigenvalue weighted by Crippen LogP contribution is 2.13. The lowest BCUT2D eigenvalue weighted by Crippen LogP contribution is -2.48. The van der Waals surface area contributed by atoms with Gasteiger partial charge in [0, 0.05) is 12.7 Å². The maximum Gasteiger partial charge on any atom is 0.334 e. The van der Waals surface area contributed by atoms with Crippen molar-refractivity contribution in [2.75, 3.05) is 19.7 Å². The number of halogens is 1. The van der Waals surface area contributed by atoms with Gasteiger partial charge in [-0.1, -0.05) is 6.07 Å². The van der Waals surface area contributed by atoms with Crippen molar-refractivity contribution in [2.45, 2.75) is 6.10 Å². The molecule has 1 atom stereocenters. The van der Waals surface area contributed by atoms with E-state index in [0.29, 0.717) is 12.2 Å². The quantitative estimate of drug-likeness (QED) is 0.910. The van der Waals surface area contributed by atoms with Crippen molar-refractivity contribution in [1.29, 1.82) is 0 Å². The second-order valence-electron chi connectivity index (χ2n) is 5.07. The summed E-state index contributed by atoms with van der Waals surface area (Å²) in [5, 5.41) is 13.1. The molecule has 1 unspecified atom stereocenters. The van der Waals surface area contributed by atoms with E-state index in [1.807, 2.05) is 0 Å². The third-order valence-electron chi connectivity index (χ3n) is 3.51. The van der Waals surface area contributed by atoms with Crippen LogP contribution >= 0.6 is 0 Å². The van der Waals surface area contributed by atoms with Crippen LogP contribution in [0.25, 0.3) is 5.69 Å². The molecule has 1 saturated heterocycles. The fourth-order valence-corrected chi connectivity index (χ4v) is 2.35. The molecule has 1 aliphatic rings. The molecule has 1 fully saturated rings. The van der Waals surface area contributed by atoms with Gasteiger partial charge >= 0.3 is 5.97 Å². The molecule has 7 nitrogen and oxygen atoms in total. The first-order valence-corrected chi connectivity index (χ1v) is 7.00. The van der Waals surface area contributed by atoms with Gasteiger partial charge in [0.15, 0.2) is 11.8 Å². The number of aromatic nitrogens is 2. The minimum atomic E-state index is -1.10. The third-order valence-corrected chi connectivity index (χ3v) is 3.51. The molecule has 1 N–H and O–H groups in total. The number of hydrogen-bond acceptors (Lipinski definition) is 4. The largest absolute Gasteiger partial charge is 0.479 e. The topological polar surface area (TPSA) is 84.7 Å². The van der Waals surface area contributed by atoms with Crippen molar-refractivity contribution in [3.05, 3.63) is 48.0 Å². The van der Waals surface area contributed by atoms with Crippen molar-refractivity contribution < 1.29 is 23.8 Å². The number of carbonyl (C=O) groups excluding carboxylic acids is 1. The molecule has 8 heteroatoms. The molecular formula is C15H14FN3O4. The molecule has 1 aliphatic heterocycles. The van der Waals surface area contributed by atoms with Gasteiger partial charge in [-0.15, -0.1) is 0 Å². The number of morpholine rings is 1. The van der Waals surface area contributed by atoms with Crippen molar-refractivity contribution in [3.63, 3.8) is 0 Å². The Morgan fingerprint density at radius 3 is 2.91 bits per heavy atom. The number of ether oxygens (including phenoxy) is 1. The number of rotatable bonds is 3. The van der Waals surface area contributed by atoms with Gasteiger partial charge in [0.2, 0.25) is 0 Å². The Morgan fingerprint density at radius 2 is 2.17 bits per heavy atom. The molecule has 23 heavy (non-hydrogen) atoms. The highest BCUT2D eigenvalue weighted by molar-refractivity contribution is 5.92. The van der Waals surface area contributed by atoms with Crippen molar-refractivity contribution in [1.82, 2.24) is 14.7 Å². The zero-order valence-electron chi connectivity index (χ0n) is 12.1. The van der Waals surface area contributed by atoms with Gasteiger partial charge in [0.25, 0.3) is 5.91 Å². The average Bonchev–Trinajstić information content (AvgIpc) is 3.04. The summed E-state index contributed by atoms with van der Waals surface area (Å²) in [6, 6.07) is 7.35. The monoisotopic (exact) mass is 319 g/mol. The van der Waals surface area contributed by atoms with E-state index in [4.69, 9.17) is 9.84 Å². The number of carboxylic acids is 1. The van der Waals surface area contributed by atoms with Gasteiger partial charge in [0.1, 0.15) is 5.82 Å². The Bertz CT molecular complexity index is 746. The normalized spacial score (nSPS) is 18.0. The zero-order valence-corrected chi connectivity index (χ0v) is 12.1. The van der Waals surface area contributed by atoms with Gasteiger partial charge in [-0.3, -0.25) is 4.79 Å². The van der Waals surface area contributed by atoms with E-state index >= 15 is 0 Å². The molecule has 1 amide bonds. The minimum Gasteiger partial charge on any atom is -0.479 e. The number of carbonyl (C=O) groups is 2. The van der Waals surface area contributed by atoms with Gasteiger partial charge in [-0.25, -0.2) is 13.9 Å². The van der Waals surface area contributed by atoms with Crippen LogP contribution < -0.4 is 0 Å². The number of carboxylic acid groups (broad SMARTS) is 1. The summed E-state index contributed by atoms with van der Waals surface area (Å²) < 4.78 is 19.7. The number of nitrogens with zero attached hydrogens (tertiary/aromatic N) is 3. The van der Waals surface area contributed by atoms with Crippen LogP contribution in [-0.2, 0) is 9.53 Å². The Morgan fingerprint density at radius 1 is 1.35 bits per heavy atom. The molecule has 1 aromatic heterocycles. The van der Waals surface area contributed by atoms with Crippen LogP contribution in [0.2, 0.25) is 0 Å². The molecule has 2 heterocycles. The van der Waals surface area contributed by atoms with Crippen molar-refractivity contribution >= 4 is 11.9 Å². The summed E-state index contributed by atoms with van der Waals surface area (Å²) in [5.74, 6) is -1.88. The van der Waals surface area contributed by atoms with Gasteiger partial charge in [-0.2, -0.15) is 5.10 Å². The second kappa shape index (κ2) is 6.17. The molecule has 120 valence electrons. The maximum atomic E-state index is 13.2. The molecule has 0 spiro atoms. The number of hydrogen-bond donors (Lipinski definition) is 1. The molecule has 0 aliphatic carbocycles. The van der Waals surface area contributed by atoms with Crippen molar-refractivity contribution in [3.8, 4) is 5.69 Å². The van der Waals surface area contributed by atoms with E-state index in [9.17, 15) is 14.0 Å². The fourth-order valence-electron chi connectivity index (χ4n) is 2.35. The number of amides is 1. The van der Waals surface area contributed by atoms with Crippen LogP contribution in [0.4, 0.5) is 4.39 Å². The smallest absolute Gasteiger partial charge is 0.334 e. The van der Waals surface area contributed by atoms with Crippen molar-refractivity contribution in [2.24, 2.45) is 0 Å². The van der Waals surface area contributed by atoms with Crippen LogP contribution in [0, 0.1) is 5.82 Å². The molecule has 0 saturated carbocycles. The highest BCUT2D eigenvalue weighted by Gasteiger charge is 2.30. The summed E-state index contributed by atoms with van der Waals surface area (Å²) in [7, 11) is 0. The second-order valence-corrected chi connectivity index (χ2v) is 5.07. The molecule has 2 aromatic rings. The Hall–Kier alpha value is -2.74. The minimum absolute atomic E-state index is 0.0268. The number of aliphatic carboxylic acids is 1. The standard InChI is InChI=1S/C15H14FN3O4/c16-10-2-1-3-11(8-10)19-5-4-12(17-19)14(20)18-6-7-23-13(9-18)15(21)22/h1-5,8,13H,6-7,9H2,(H,21,22). The van der Waals surface area contributed by atoms with Crippen LogP contribution in [0.1, 0.15) is 10.5 Å². The summed E-state index contributed by atoms with van der Waals surface area (Å²) in [4.78, 5) is 24.8. The predicted molar refractivity (Wildman–Crippen MR) is 76.8 cm³/mol. The van der Waals surface area contributed by atoms with E-state index in [1.54, 1.807) is 18.3 Å². The Balaban J connectivity index is 1.77. The Labute approximate surface area is 130 Å². The van der Waals surface area contributed by atoms with E-state index in [-0.39, 0.29) is 24.8 Å². The first-order valence-electron chi connectivity index (χ1n) is 7.00. The van der Waals surface area contributed by atoms with E-state index in [0.717, 1.165) is 0 Å². The van der Waals surface area contributed by atoms with Gasteiger partial charge < -0.3 is 14.7 Å². The predicted octanol–water partition coefficient (Wildman–Crippen LogP) is 0.937. The van der Waals surface area contributed by atoms with Crippen LogP contribution in [0.15, 0.2) is 36.5 Å². The van der Waals surface area contributed by atoms with E-state index < -0.39 is 17.9 Å². The van der Waals surface area contributed by atoms with Crippen LogP contribution in [0.5, 0.6) is 0 Å². The maximum absolute atomic E-state index is 13.2. The first-order chi connectivity index (χ1) is 11.0. The molecule has 1 aromatic carbocycles. The summed E-state index contributed by atoms with van der Waals surface area (Å²) in [6.07, 6.45) is 0.523. The SMILES string of the molecule is O=C(O)C1CN(C(=O)c2ccn(-c3cccc(F)c3)n2)CCO1. The zero-order chi connectivity index (χ0) is 16.4. The lowest BCUT2D eigenvalue weighted by Gasteiger charge is -2.30. The molecule has 3 rings (SSSR count). The number of benzene rings is 1. The van der Waals surface area contributed by atoms with Crippen LogP contribution in [-0.4, -0.2) is 57.5 Å². The molecule has 0 bridgehead atoms. The lowest BCUT2D eigenvalue weighted by molar-refractivity contribution is -0.154.